The monoisotopic (exact) mass is 134 g/mol. The van der Waals surface area contributed by atoms with Crippen molar-refractivity contribution >= 4 is 6.21 Å². The van der Waals surface area contributed by atoms with E-state index in [9.17, 15) is 0 Å². The molecular weight excluding hydrogens is 122 g/mol. The zero-order valence-corrected chi connectivity index (χ0v) is 6.06. The van der Waals surface area contributed by atoms with Crippen molar-refractivity contribution < 1.29 is 4.99 Å². The number of hydrogen-bond donors (Lipinski definition) is 1. The van der Waals surface area contributed by atoms with E-state index in [4.69, 9.17) is 0 Å². The highest BCUT2D eigenvalue weighted by atomic mass is 14.7. The van der Waals surface area contributed by atoms with Crippen LogP contribution in [0, 0.1) is 0 Å². The summed E-state index contributed by atoms with van der Waals surface area (Å²) in [6, 6.07) is 0. The number of nitrogens with one attached hydrogen (secondary N) is 1. The molecule has 1 aliphatic carbocycles. The van der Waals surface area contributed by atoms with Gasteiger partial charge in [-0.3, -0.25) is 0 Å². The zero-order valence-electron chi connectivity index (χ0n) is 6.06. The van der Waals surface area contributed by atoms with E-state index >= 15 is 0 Å². The topological polar surface area (TPSA) is 14.0 Å². The molecule has 0 amide bonds. The minimum atomic E-state index is 1.05. The molecule has 0 fully saturated rings. The van der Waals surface area contributed by atoms with Crippen molar-refractivity contribution in [3.63, 3.8) is 0 Å². The van der Waals surface area contributed by atoms with Crippen LogP contribution >= 0.6 is 0 Å². The predicted octanol–water partition coefficient (Wildman–Crippen LogP) is 0.188. The molecule has 0 spiro atoms. The van der Waals surface area contributed by atoms with Crippen LogP contribution in [0.3, 0.4) is 0 Å². The van der Waals surface area contributed by atoms with Gasteiger partial charge in [-0.1, -0.05) is 6.08 Å². The van der Waals surface area contributed by atoms with Gasteiger partial charge in [0.1, 0.15) is 0 Å². The minimum Gasteiger partial charge on any atom is -0.244 e. The van der Waals surface area contributed by atoms with Crippen LogP contribution in [-0.2, 0) is 0 Å². The fourth-order valence-corrected chi connectivity index (χ4v) is 1.56. The molecule has 0 saturated carbocycles. The molecule has 1 N–H and O–H groups in total. The van der Waals surface area contributed by atoms with Crippen molar-refractivity contribution in [2.75, 3.05) is 6.54 Å². The Kier molecular flexibility index (Phi) is 1.42. The Bertz CT molecular complexity index is 221. The summed E-state index contributed by atoms with van der Waals surface area (Å²) < 4.78 is 0. The number of allylic oxidation sites excluding steroid dienone is 2. The van der Waals surface area contributed by atoms with Crippen LogP contribution in [0.2, 0.25) is 0 Å². The Labute approximate surface area is 61.2 Å². The molecule has 0 radical (unpaired) electrons. The lowest BCUT2D eigenvalue weighted by atomic mass is 9.92. The molecule has 2 aliphatic rings. The lowest BCUT2D eigenvalue weighted by molar-refractivity contribution is -0.441. The maximum absolute atomic E-state index is 3.21. The fourth-order valence-electron chi connectivity index (χ4n) is 1.56. The Balaban J connectivity index is 2.32. The number of fused-ring (bicyclic) bond motifs is 1. The molecule has 0 saturated heterocycles. The summed E-state index contributed by atoms with van der Waals surface area (Å²) >= 11 is 0. The minimum absolute atomic E-state index is 1.05. The number of hydrogen-bond acceptors (Lipinski definition) is 0. The van der Waals surface area contributed by atoms with Gasteiger partial charge in [0.25, 0.3) is 0 Å². The Morgan fingerprint density at radius 2 is 2.30 bits per heavy atom. The summed E-state index contributed by atoms with van der Waals surface area (Å²) in [6.45, 7) is 1.05. The van der Waals surface area contributed by atoms with Crippen LogP contribution < -0.4 is 4.99 Å². The SMILES string of the molecule is C1=[NH+]CC2=CCCCC2=C1. The predicted molar refractivity (Wildman–Crippen MR) is 41.9 cm³/mol. The quantitative estimate of drug-likeness (QED) is 0.486. The van der Waals surface area contributed by atoms with Gasteiger partial charge in [0, 0.05) is 11.6 Å². The lowest BCUT2D eigenvalue weighted by Crippen LogP contribution is -2.70. The summed E-state index contributed by atoms with van der Waals surface area (Å²) in [5, 5.41) is 0. The molecule has 1 nitrogen and oxygen atoms in total. The first-order valence-electron chi connectivity index (χ1n) is 3.92. The molecule has 0 bridgehead atoms. The molecular formula is C9H12N+. The van der Waals surface area contributed by atoms with Gasteiger partial charge in [-0.15, -0.1) is 0 Å². The molecule has 1 aliphatic heterocycles. The van der Waals surface area contributed by atoms with Gasteiger partial charge < -0.3 is 0 Å². The van der Waals surface area contributed by atoms with Crippen molar-refractivity contribution in [1.82, 2.24) is 0 Å². The van der Waals surface area contributed by atoms with Gasteiger partial charge in [0.2, 0.25) is 0 Å². The third-order valence-electron chi connectivity index (χ3n) is 2.15. The molecule has 1 heteroatoms. The molecule has 0 atom stereocenters. The highest BCUT2D eigenvalue weighted by Gasteiger charge is 2.13. The second kappa shape index (κ2) is 2.41. The van der Waals surface area contributed by atoms with Gasteiger partial charge in [-0.25, -0.2) is 4.99 Å². The first-order valence-corrected chi connectivity index (χ1v) is 3.92. The highest BCUT2D eigenvalue weighted by molar-refractivity contribution is 5.70. The van der Waals surface area contributed by atoms with Gasteiger partial charge in [0.15, 0.2) is 12.8 Å². The van der Waals surface area contributed by atoms with E-state index in [0.717, 1.165) is 6.54 Å². The maximum atomic E-state index is 3.21. The van der Waals surface area contributed by atoms with Gasteiger partial charge in [0.05, 0.1) is 0 Å². The summed E-state index contributed by atoms with van der Waals surface area (Å²) in [7, 11) is 0. The van der Waals surface area contributed by atoms with E-state index < -0.39 is 0 Å². The molecule has 52 valence electrons. The van der Waals surface area contributed by atoms with Crippen LogP contribution in [0.25, 0.3) is 0 Å². The molecule has 2 rings (SSSR count). The summed E-state index contributed by atoms with van der Waals surface area (Å²) in [4.78, 5) is 3.21. The summed E-state index contributed by atoms with van der Waals surface area (Å²) in [5.41, 5.74) is 3.07. The van der Waals surface area contributed by atoms with Crippen molar-refractivity contribution in [1.29, 1.82) is 0 Å². The van der Waals surface area contributed by atoms with Gasteiger partial charge in [-0.2, -0.15) is 0 Å². The average Bonchev–Trinajstić information content (AvgIpc) is 2.05. The van der Waals surface area contributed by atoms with E-state index in [-0.39, 0.29) is 0 Å². The van der Waals surface area contributed by atoms with E-state index in [2.05, 4.69) is 23.4 Å². The smallest absolute Gasteiger partial charge is 0.166 e. The van der Waals surface area contributed by atoms with Crippen molar-refractivity contribution in [3.8, 4) is 0 Å². The van der Waals surface area contributed by atoms with Gasteiger partial charge in [-0.05, 0) is 24.8 Å². The second-order valence-electron chi connectivity index (χ2n) is 2.86. The second-order valence-corrected chi connectivity index (χ2v) is 2.86. The standard InChI is InChI=1S/C9H11N/c1-2-4-9-7-10-6-5-8(9)3-1/h4-6H,1-3,7H2/p+1. The Hall–Kier alpha value is -0.850. The first-order chi connectivity index (χ1) is 4.97. The lowest BCUT2D eigenvalue weighted by Gasteiger charge is -2.14. The summed E-state index contributed by atoms with van der Waals surface area (Å²) in [6.07, 6.45) is 10.5. The normalized spacial score (nSPS) is 23.2. The molecule has 0 aromatic heterocycles. The van der Waals surface area contributed by atoms with Crippen molar-refractivity contribution in [2.24, 2.45) is 0 Å². The summed E-state index contributed by atoms with van der Waals surface area (Å²) in [5.74, 6) is 0. The molecule has 0 unspecified atom stereocenters. The highest BCUT2D eigenvalue weighted by Crippen LogP contribution is 2.22. The maximum Gasteiger partial charge on any atom is 0.166 e. The van der Waals surface area contributed by atoms with E-state index in [1.54, 1.807) is 5.57 Å². The van der Waals surface area contributed by atoms with E-state index in [1.165, 1.54) is 24.8 Å². The van der Waals surface area contributed by atoms with Crippen LogP contribution in [0.15, 0.2) is 23.3 Å². The third-order valence-corrected chi connectivity index (χ3v) is 2.15. The van der Waals surface area contributed by atoms with Crippen molar-refractivity contribution in [3.05, 3.63) is 23.3 Å². The van der Waals surface area contributed by atoms with Crippen LogP contribution in [-0.4, -0.2) is 12.8 Å². The number of rotatable bonds is 0. The van der Waals surface area contributed by atoms with Gasteiger partial charge >= 0.3 is 0 Å². The van der Waals surface area contributed by atoms with E-state index in [0.29, 0.717) is 0 Å². The first kappa shape index (κ1) is 5.90. The fraction of sp³-hybridized carbons (Fsp3) is 0.444. The van der Waals surface area contributed by atoms with Crippen LogP contribution in [0.1, 0.15) is 19.3 Å². The third kappa shape index (κ3) is 0.919. The Morgan fingerprint density at radius 3 is 3.20 bits per heavy atom. The zero-order chi connectivity index (χ0) is 6.81. The van der Waals surface area contributed by atoms with Crippen LogP contribution in [0.4, 0.5) is 0 Å². The van der Waals surface area contributed by atoms with E-state index in [1.807, 2.05) is 0 Å². The average molecular weight is 134 g/mol. The van der Waals surface area contributed by atoms with Crippen molar-refractivity contribution in [2.45, 2.75) is 19.3 Å². The molecule has 10 heavy (non-hydrogen) atoms. The van der Waals surface area contributed by atoms with Crippen LogP contribution in [0.5, 0.6) is 0 Å². The molecule has 1 heterocycles. The Morgan fingerprint density at radius 1 is 1.30 bits per heavy atom. The molecule has 0 aromatic rings. The molecule has 0 aromatic carbocycles. The largest absolute Gasteiger partial charge is 0.244 e.